The molecule has 0 bridgehead atoms. The topological polar surface area (TPSA) is 77.4 Å². The van der Waals surface area contributed by atoms with Crippen molar-refractivity contribution in [3.63, 3.8) is 0 Å². The van der Waals surface area contributed by atoms with Crippen molar-refractivity contribution in [1.29, 1.82) is 0 Å². The van der Waals surface area contributed by atoms with Gasteiger partial charge in [0, 0.05) is 11.1 Å². The van der Waals surface area contributed by atoms with Crippen molar-refractivity contribution in [2.75, 3.05) is 13.2 Å². The summed E-state index contributed by atoms with van der Waals surface area (Å²) in [7, 11) is 0. The number of hydrogen-bond donors (Lipinski definition) is 2. The van der Waals surface area contributed by atoms with Gasteiger partial charge < -0.3 is 29.2 Å². The van der Waals surface area contributed by atoms with Crippen molar-refractivity contribution in [2.24, 2.45) is 0 Å². The van der Waals surface area contributed by atoms with Crippen molar-refractivity contribution in [3.05, 3.63) is 70.3 Å². The van der Waals surface area contributed by atoms with Crippen molar-refractivity contribution >= 4 is 0 Å². The molecular formula is C22H24F2O6. The quantitative estimate of drug-likeness (QED) is 0.789. The van der Waals surface area contributed by atoms with E-state index in [1.807, 2.05) is 32.0 Å². The summed E-state index contributed by atoms with van der Waals surface area (Å²) in [6, 6.07) is 9.13. The molecule has 0 saturated carbocycles. The van der Waals surface area contributed by atoms with Crippen molar-refractivity contribution < 1.29 is 37.9 Å². The number of benzene rings is 2. The number of halogens is 2. The van der Waals surface area contributed by atoms with E-state index in [1.54, 1.807) is 0 Å². The van der Waals surface area contributed by atoms with Gasteiger partial charge in [-0.25, -0.2) is 8.78 Å². The third-order valence-electron chi connectivity index (χ3n) is 5.55. The number of hydrogen-bond acceptors (Lipinski definition) is 6. The Kier molecular flexibility index (Phi) is 6.15. The molecule has 6 atom stereocenters. The smallest absolute Gasteiger partial charge is 0.185 e. The molecule has 2 saturated heterocycles. The predicted octanol–water partition coefficient (Wildman–Crippen LogP) is 2.83. The predicted molar refractivity (Wildman–Crippen MR) is 101 cm³/mol. The summed E-state index contributed by atoms with van der Waals surface area (Å²) >= 11 is 0. The van der Waals surface area contributed by atoms with Gasteiger partial charge in [0.25, 0.3) is 0 Å². The first-order chi connectivity index (χ1) is 14.4. The summed E-state index contributed by atoms with van der Waals surface area (Å²) in [5.41, 5.74) is 3.29. The van der Waals surface area contributed by atoms with Crippen LogP contribution in [0, 0.1) is 25.5 Å². The van der Waals surface area contributed by atoms with Crippen molar-refractivity contribution in [2.45, 2.75) is 50.8 Å². The highest BCUT2D eigenvalue weighted by Crippen LogP contribution is 2.39. The van der Waals surface area contributed by atoms with Crippen LogP contribution < -0.4 is 0 Å². The van der Waals surface area contributed by atoms with E-state index in [9.17, 15) is 19.0 Å². The van der Waals surface area contributed by atoms with E-state index in [4.69, 9.17) is 18.9 Å². The molecule has 30 heavy (non-hydrogen) atoms. The van der Waals surface area contributed by atoms with Gasteiger partial charge >= 0.3 is 0 Å². The van der Waals surface area contributed by atoms with Crippen LogP contribution in [0.3, 0.4) is 0 Å². The molecular weight excluding hydrogens is 398 g/mol. The molecule has 2 aliphatic rings. The highest BCUT2D eigenvalue weighted by Gasteiger charge is 2.48. The molecule has 0 radical (unpaired) electrons. The van der Waals surface area contributed by atoms with E-state index >= 15 is 0 Å². The Hall–Kier alpha value is -1.94. The third kappa shape index (κ3) is 4.12. The lowest BCUT2D eigenvalue weighted by Crippen LogP contribution is -2.58. The normalized spacial score (nSPS) is 30.0. The monoisotopic (exact) mass is 422 g/mol. The number of aryl methyl sites for hydroxylation is 2. The van der Waals surface area contributed by atoms with Gasteiger partial charge in [-0.1, -0.05) is 24.3 Å². The zero-order valence-electron chi connectivity index (χ0n) is 16.6. The minimum atomic E-state index is -1.26. The minimum Gasteiger partial charge on any atom is -0.394 e. The third-order valence-corrected chi connectivity index (χ3v) is 5.55. The van der Waals surface area contributed by atoms with Crippen LogP contribution in [0.15, 0.2) is 36.4 Å². The first-order valence-corrected chi connectivity index (χ1v) is 9.76. The van der Waals surface area contributed by atoms with Crippen LogP contribution in [0.1, 0.15) is 34.8 Å². The summed E-state index contributed by atoms with van der Waals surface area (Å²) in [5, 5.41) is 19.8. The molecule has 6 nitrogen and oxygen atoms in total. The lowest BCUT2D eigenvalue weighted by molar-refractivity contribution is -0.373. The molecule has 0 aliphatic carbocycles. The van der Waals surface area contributed by atoms with Crippen LogP contribution in [0.25, 0.3) is 0 Å². The fraction of sp³-hybridized carbons (Fsp3) is 0.455. The Bertz CT molecular complexity index is 905. The van der Waals surface area contributed by atoms with Gasteiger partial charge in [-0.15, -0.1) is 0 Å². The lowest BCUT2D eigenvalue weighted by atomic mass is 9.99. The molecule has 2 heterocycles. The fourth-order valence-corrected chi connectivity index (χ4v) is 3.68. The summed E-state index contributed by atoms with van der Waals surface area (Å²) in [4.78, 5) is 0. The van der Waals surface area contributed by atoms with E-state index in [0.717, 1.165) is 28.8 Å². The maximum absolute atomic E-state index is 13.7. The molecule has 2 aliphatic heterocycles. The zero-order chi connectivity index (χ0) is 21.4. The highest BCUT2D eigenvalue weighted by atomic mass is 19.2. The number of aliphatic hydroxyl groups excluding tert-OH is 2. The summed E-state index contributed by atoms with van der Waals surface area (Å²) < 4.78 is 50.5. The molecule has 4 rings (SSSR count). The summed E-state index contributed by atoms with van der Waals surface area (Å²) in [6.07, 6.45) is -5.33. The zero-order valence-corrected chi connectivity index (χ0v) is 16.6. The van der Waals surface area contributed by atoms with E-state index in [0.29, 0.717) is 0 Å². The second kappa shape index (κ2) is 8.66. The molecule has 2 N–H and O–H groups in total. The second-order valence-electron chi connectivity index (χ2n) is 7.64. The van der Waals surface area contributed by atoms with Crippen LogP contribution in [-0.4, -0.2) is 47.8 Å². The van der Waals surface area contributed by atoms with Gasteiger partial charge in [-0.05, 0) is 37.1 Å². The van der Waals surface area contributed by atoms with Gasteiger partial charge in [-0.2, -0.15) is 0 Å². The number of rotatable bonds is 4. The maximum Gasteiger partial charge on any atom is 0.185 e. The Balaban J connectivity index is 1.57. The molecule has 0 aromatic heterocycles. The standard InChI is InChI=1S/C22H24F2O6/c1-11-3-4-13(7-12(11)2)21-27-10-18-20(30-21)19(17(26)9-25)29-22(28-18)14-5-6-15(23)16(24)8-14/h3-8,17-22,25-26H,9-10H2,1-2H3. The first-order valence-electron chi connectivity index (χ1n) is 9.76. The first kappa shape index (κ1) is 21.3. The van der Waals surface area contributed by atoms with E-state index < -0.39 is 55.2 Å². The van der Waals surface area contributed by atoms with Gasteiger partial charge in [0.15, 0.2) is 24.2 Å². The molecule has 162 valence electrons. The number of fused-ring (bicyclic) bond motifs is 1. The second-order valence-corrected chi connectivity index (χ2v) is 7.64. The molecule has 0 amide bonds. The molecule has 8 heteroatoms. The van der Waals surface area contributed by atoms with E-state index in [-0.39, 0.29) is 12.2 Å². The van der Waals surface area contributed by atoms with Crippen LogP contribution in [0.2, 0.25) is 0 Å². The van der Waals surface area contributed by atoms with Gasteiger partial charge in [0.1, 0.15) is 24.4 Å². The average Bonchev–Trinajstić information content (AvgIpc) is 2.75. The van der Waals surface area contributed by atoms with Crippen LogP contribution in [0.4, 0.5) is 8.78 Å². The number of aliphatic hydroxyl groups is 2. The summed E-state index contributed by atoms with van der Waals surface area (Å²) in [6.45, 7) is 3.58. The van der Waals surface area contributed by atoms with Crippen LogP contribution in [-0.2, 0) is 18.9 Å². The minimum absolute atomic E-state index is 0.139. The fourth-order valence-electron chi connectivity index (χ4n) is 3.68. The Morgan fingerprint density at radius 1 is 0.933 bits per heavy atom. The lowest BCUT2D eigenvalue weighted by Gasteiger charge is -2.47. The van der Waals surface area contributed by atoms with Crippen LogP contribution in [0.5, 0.6) is 0 Å². The van der Waals surface area contributed by atoms with Crippen LogP contribution >= 0.6 is 0 Å². The molecule has 6 unspecified atom stereocenters. The van der Waals surface area contributed by atoms with E-state index in [1.165, 1.54) is 6.07 Å². The van der Waals surface area contributed by atoms with E-state index in [2.05, 4.69) is 0 Å². The molecule has 2 aromatic carbocycles. The largest absolute Gasteiger partial charge is 0.394 e. The van der Waals surface area contributed by atoms with Crippen molar-refractivity contribution in [1.82, 2.24) is 0 Å². The highest BCUT2D eigenvalue weighted by molar-refractivity contribution is 5.30. The number of ether oxygens (including phenoxy) is 4. The molecule has 0 spiro atoms. The Morgan fingerprint density at radius 3 is 2.37 bits per heavy atom. The maximum atomic E-state index is 13.7. The van der Waals surface area contributed by atoms with Gasteiger partial charge in [-0.3, -0.25) is 0 Å². The average molecular weight is 422 g/mol. The van der Waals surface area contributed by atoms with Gasteiger partial charge in [0.05, 0.1) is 13.2 Å². The van der Waals surface area contributed by atoms with Crippen molar-refractivity contribution in [3.8, 4) is 0 Å². The molecule has 2 fully saturated rings. The SMILES string of the molecule is Cc1ccc(C2OCC3OC(c4ccc(F)c(F)c4)OC(C(O)CO)C3O2)cc1C. The Labute approximate surface area is 172 Å². The van der Waals surface area contributed by atoms with Gasteiger partial charge in [0.2, 0.25) is 0 Å². The Morgan fingerprint density at radius 2 is 1.67 bits per heavy atom. The molecule has 2 aromatic rings. The summed E-state index contributed by atoms with van der Waals surface area (Å²) in [5.74, 6) is -2.02.